The Hall–Kier alpha value is -0.770. The predicted octanol–water partition coefficient (Wildman–Crippen LogP) is 1.65. The molecule has 0 aromatic heterocycles. The fourth-order valence-electron chi connectivity index (χ4n) is 1.70. The molecule has 78 valence electrons. The van der Waals surface area contributed by atoms with Crippen molar-refractivity contribution in [2.75, 3.05) is 13.7 Å². The molecule has 0 fully saturated rings. The Morgan fingerprint density at radius 2 is 2.36 bits per heavy atom. The van der Waals surface area contributed by atoms with Crippen molar-refractivity contribution in [3.05, 3.63) is 29.3 Å². The second-order valence-corrected chi connectivity index (χ2v) is 3.06. The van der Waals surface area contributed by atoms with E-state index < -0.39 is 0 Å². The molecule has 2 N–H and O–H groups in total. The molecule has 14 heavy (non-hydrogen) atoms. The molecule has 0 aliphatic carbocycles. The van der Waals surface area contributed by atoms with Crippen LogP contribution >= 0.6 is 12.4 Å². The molecule has 0 bridgehead atoms. The van der Waals surface area contributed by atoms with Crippen LogP contribution in [0.15, 0.2) is 18.2 Å². The van der Waals surface area contributed by atoms with E-state index in [4.69, 9.17) is 15.2 Å². The SMILES string of the molecule is COc1cccc2c1COC2CN.Cl. The monoisotopic (exact) mass is 215 g/mol. The number of rotatable bonds is 2. The Labute approximate surface area is 89.6 Å². The van der Waals surface area contributed by atoms with Gasteiger partial charge in [0.25, 0.3) is 0 Å². The van der Waals surface area contributed by atoms with Crippen LogP contribution in [0.2, 0.25) is 0 Å². The van der Waals surface area contributed by atoms with Crippen LogP contribution in [0.5, 0.6) is 5.75 Å². The summed E-state index contributed by atoms with van der Waals surface area (Å²) in [6.45, 7) is 1.14. The zero-order valence-corrected chi connectivity index (χ0v) is 8.84. The Bertz CT molecular complexity index is 317. The molecule has 1 atom stereocenters. The zero-order chi connectivity index (χ0) is 9.26. The van der Waals surface area contributed by atoms with E-state index in [1.54, 1.807) is 7.11 Å². The third kappa shape index (κ3) is 1.71. The smallest absolute Gasteiger partial charge is 0.124 e. The van der Waals surface area contributed by atoms with Gasteiger partial charge >= 0.3 is 0 Å². The molecule has 0 spiro atoms. The predicted molar refractivity (Wildman–Crippen MR) is 56.8 cm³/mol. The molecule has 1 heterocycles. The summed E-state index contributed by atoms with van der Waals surface area (Å²) < 4.78 is 10.7. The van der Waals surface area contributed by atoms with Gasteiger partial charge in [-0.25, -0.2) is 0 Å². The molecule has 1 aromatic rings. The summed E-state index contributed by atoms with van der Waals surface area (Å²) in [5.74, 6) is 0.897. The normalized spacial score (nSPS) is 18.6. The van der Waals surface area contributed by atoms with Gasteiger partial charge in [-0.2, -0.15) is 0 Å². The molecule has 0 saturated carbocycles. The Kier molecular flexibility index (Phi) is 3.75. The van der Waals surface area contributed by atoms with Crippen LogP contribution in [-0.4, -0.2) is 13.7 Å². The van der Waals surface area contributed by atoms with Crippen molar-refractivity contribution in [2.45, 2.75) is 12.7 Å². The second kappa shape index (κ2) is 4.64. The first-order valence-corrected chi connectivity index (χ1v) is 4.34. The second-order valence-electron chi connectivity index (χ2n) is 3.06. The maximum absolute atomic E-state index is 5.57. The Morgan fingerprint density at radius 1 is 1.57 bits per heavy atom. The van der Waals surface area contributed by atoms with Gasteiger partial charge in [-0.15, -0.1) is 12.4 Å². The number of benzene rings is 1. The first-order valence-electron chi connectivity index (χ1n) is 4.34. The van der Waals surface area contributed by atoms with E-state index in [-0.39, 0.29) is 18.5 Å². The standard InChI is InChI=1S/C10H13NO2.ClH/c1-12-9-4-2-3-7-8(9)6-13-10(7)5-11;/h2-4,10H,5-6,11H2,1H3;1H. The van der Waals surface area contributed by atoms with Gasteiger partial charge < -0.3 is 15.2 Å². The van der Waals surface area contributed by atoms with Gasteiger partial charge in [0.15, 0.2) is 0 Å². The third-order valence-corrected chi connectivity index (χ3v) is 2.38. The lowest BCUT2D eigenvalue weighted by molar-refractivity contribution is 0.0718. The van der Waals surface area contributed by atoms with Crippen LogP contribution in [0.3, 0.4) is 0 Å². The molecule has 2 rings (SSSR count). The highest BCUT2D eigenvalue weighted by Crippen LogP contribution is 2.35. The largest absolute Gasteiger partial charge is 0.496 e. The van der Waals surface area contributed by atoms with E-state index in [2.05, 4.69) is 0 Å². The van der Waals surface area contributed by atoms with Crippen molar-refractivity contribution >= 4 is 12.4 Å². The highest BCUT2D eigenvalue weighted by atomic mass is 35.5. The molecule has 0 amide bonds. The summed E-state index contributed by atoms with van der Waals surface area (Å²) in [7, 11) is 1.67. The maximum atomic E-state index is 5.57. The molecule has 3 nitrogen and oxygen atoms in total. The van der Waals surface area contributed by atoms with Crippen LogP contribution in [-0.2, 0) is 11.3 Å². The van der Waals surface area contributed by atoms with Crippen molar-refractivity contribution in [1.82, 2.24) is 0 Å². The lowest BCUT2D eigenvalue weighted by atomic mass is 10.0. The van der Waals surface area contributed by atoms with Crippen LogP contribution in [0.1, 0.15) is 17.2 Å². The summed E-state index contributed by atoms with van der Waals surface area (Å²) in [5, 5.41) is 0. The minimum atomic E-state index is 0. The molecule has 1 aliphatic heterocycles. The van der Waals surface area contributed by atoms with Crippen molar-refractivity contribution in [3.8, 4) is 5.75 Å². The molecule has 0 radical (unpaired) electrons. The highest BCUT2D eigenvalue weighted by molar-refractivity contribution is 5.85. The van der Waals surface area contributed by atoms with Crippen molar-refractivity contribution in [2.24, 2.45) is 5.73 Å². The lowest BCUT2D eigenvalue weighted by Gasteiger charge is -2.08. The average Bonchev–Trinajstić information content (AvgIpc) is 2.60. The van der Waals surface area contributed by atoms with Crippen LogP contribution < -0.4 is 10.5 Å². The van der Waals surface area contributed by atoms with E-state index in [0.717, 1.165) is 11.3 Å². The van der Waals surface area contributed by atoms with Gasteiger partial charge in [-0.05, 0) is 11.6 Å². The van der Waals surface area contributed by atoms with Gasteiger partial charge in [0.05, 0.1) is 19.8 Å². The number of fused-ring (bicyclic) bond motifs is 1. The Morgan fingerprint density at radius 3 is 3.00 bits per heavy atom. The average molecular weight is 216 g/mol. The summed E-state index contributed by atoms with van der Waals surface area (Å²) >= 11 is 0. The zero-order valence-electron chi connectivity index (χ0n) is 8.03. The van der Waals surface area contributed by atoms with E-state index in [0.29, 0.717) is 13.2 Å². The summed E-state index contributed by atoms with van der Waals surface area (Å²) in [6, 6.07) is 5.96. The number of nitrogens with two attached hydrogens (primary N) is 1. The molecule has 1 unspecified atom stereocenters. The quantitative estimate of drug-likeness (QED) is 0.816. The number of halogens is 1. The molecular formula is C10H14ClNO2. The molecule has 4 heteroatoms. The van der Waals surface area contributed by atoms with Crippen LogP contribution in [0, 0.1) is 0 Å². The van der Waals surface area contributed by atoms with Crippen LogP contribution in [0.4, 0.5) is 0 Å². The molecule has 1 aliphatic rings. The number of ether oxygens (including phenoxy) is 2. The minimum Gasteiger partial charge on any atom is -0.496 e. The molecule has 0 saturated heterocycles. The van der Waals surface area contributed by atoms with E-state index in [9.17, 15) is 0 Å². The van der Waals surface area contributed by atoms with Crippen molar-refractivity contribution in [3.63, 3.8) is 0 Å². The topological polar surface area (TPSA) is 44.5 Å². The number of hydrogen-bond acceptors (Lipinski definition) is 3. The fourth-order valence-corrected chi connectivity index (χ4v) is 1.70. The first-order chi connectivity index (χ1) is 6.36. The lowest BCUT2D eigenvalue weighted by Crippen LogP contribution is -2.10. The maximum Gasteiger partial charge on any atom is 0.124 e. The summed E-state index contributed by atoms with van der Waals surface area (Å²) in [5.41, 5.74) is 7.88. The van der Waals surface area contributed by atoms with Gasteiger partial charge in [-0.1, -0.05) is 12.1 Å². The van der Waals surface area contributed by atoms with Gasteiger partial charge in [0.2, 0.25) is 0 Å². The van der Waals surface area contributed by atoms with Crippen molar-refractivity contribution < 1.29 is 9.47 Å². The van der Waals surface area contributed by atoms with E-state index in [1.165, 1.54) is 5.56 Å². The van der Waals surface area contributed by atoms with Gasteiger partial charge in [0.1, 0.15) is 5.75 Å². The molecular weight excluding hydrogens is 202 g/mol. The summed E-state index contributed by atoms with van der Waals surface area (Å²) in [4.78, 5) is 0. The van der Waals surface area contributed by atoms with Gasteiger partial charge in [0, 0.05) is 12.1 Å². The number of methoxy groups -OCH3 is 1. The molecule has 1 aromatic carbocycles. The summed E-state index contributed by atoms with van der Waals surface area (Å²) in [6.07, 6.45) is 0.0464. The fraction of sp³-hybridized carbons (Fsp3) is 0.400. The Balaban J connectivity index is 0.000000980. The first kappa shape index (κ1) is 11.3. The van der Waals surface area contributed by atoms with Crippen LogP contribution in [0.25, 0.3) is 0 Å². The highest BCUT2D eigenvalue weighted by Gasteiger charge is 2.24. The third-order valence-electron chi connectivity index (χ3n) is 2.38. The van der Waals surface area contributed by atoms with E-state index >= 15 is 0 Å². The van der Waals surface area contributed by atoms with Crippen molar-refractivity contribution in [1.29, 1.82) is 0 Å². The number of hydrogen-bond donors (Lipinski definition) is 1. The van der Waals surface area contributed by atoms with E-state index in [1.807, 2.05) is 18.2 Å². The van der Waals surface area contributed by atoms with Gasteiger partial charge in [-0.3, -0.25) is 0 Å². The minimum absolute atomic E-state index is 0.